The predicted octanol–water partition coefficient (Wildman–Crippen LogP) is 4.54. The van der Waals surface area contributed by atoms with E-state index in [0.29, 0.717) is 28.7 Å². The van der Waals surface area contributed by atoms with Gasteiger partial charge in [0.1, 0.15) is 5.82 Å². The van der Waals surface area contributed by atoms with E-state index in [9.17, 15) is 9.18 Å². The van der Waals surface area contributed by atoms with Crippen molar-refractivity contribution >= 4 is 16.8 Å². The fraction of sp³-hybridized carbons (Fsp3) is 0.208. The van der Waals surface area contributed by atoms with Crippen LogP contribution < -0.4 is 5.32 Å². The summed E-state index contributed by atoms with van der Waals surface area (Å²) in [5, 5.41) is 8.21. The van der Waals surface area contributed by atoms with Crippen LogP contribution in [-0.2, 0) is 6.42 Å². The van der Waals surface area contributed by atoms with Gasteiger partial charge in [0, 0.05) is 29.9 Å². The largest absolute Gasteiger partial charge is 0.352 e. The lowest BCUT2D eigenvalue weighted by Crippen LogP contribution is -2.25. The molecular formula is C24H23FN4O. The Kier molecular flexibility index (Phi) is 5.57. The van der Waals surface area contributed by atoms with Crippen molar-refractivity contribution < 1.29 is 9.18 Å². The van der Waals surface area contributed by atoms with E-state index in [1.165, 1.54) is 12.1 Å². The lowest BCUT2D eigenvalue weighted by atomic mass is 10.1. The fourth-order valence-corrected chi connectivity index (χ4v) is 3.55. The quantitative estimate of drug-likeness (QED) is 0.482. The molecule has 0 atom stereocenters. The highest BCUT2D eigenvalue weighted by Crippen LogP contribution is 2.20. The zero-order valence-corrected chi connectivity index (χ0v) is 17.0. The second-order valence-electron chi connectivity index (χ2n) is 7.35. The van der Waals surface area contributed by atoms with Crippen molar-refractivity contribution in [2.45, 2.75) is 26.7 Å². The second-order valence-corrected chi connectivity index (χ2v) is 7.35. The summed E-state index contributed by atoms with van der Waals surface area (Å²) >= 11 is 0. The molecule has 0 aliphatic heterocycles. The molecule has 2 heterocycles. The highest BCUT2D eigenvalue weighted by molar-refractivity contribution is 6.06. The molecule has 0 radical (unpaired) electrons. The Morgan fingerprint density at radius 2 is 1.90 bits per heavy atom. The van der Waals surface area contributed by atoms with Gasteiger partial charge in [0.25, 0.3) is 5.91 Å². The smallest absolute Gasteiger partial charge is 0.252 e. The summed E-state index contributed by atoms with van der Waals surface area (Å²) in [6.45, 7) is 4.34. The molecule has 0 bridgehead atoms. The van der Waals surface area contributed by atoms with Gasteiger partial charge in [0.15, 0.2) is 0 Å². The van der Waals surface area contributed by atoms with Crippen molar-refractivity contribution in [3.8, 4) is 5.69 Å². The van der Waals surface area contributed by atoms with Gasteiger partial charge in [0.2, 0.25) is 0 Å². The zero-order valence-electron chi connectivity index (χ0n) is 17.0. The number of nitrogens with one attached hydrogen (secondary N) is 1. The molecule has 0 spiro atoms. The number of nitrogens with zero attached hydrogens (tertiary/aromatic N) is 3. The minimum atomic E-state index is -0.363. The highest BCUT2D eigenvalue weighted by atomic mass is 19.1. The Hall–Kier alpha value is -3.54. The Bertz CT molecular complexity index is 1200. The van der Waals surface area contributed by atoms with Crippen LogP contribution in [0.2, 0.25) is 0 Å². The Balaban J connectivity index is 1.39. The van der Waals surface area contributed by atoms with Crippen LogP contribution in [0.1, 0.15) is 33.7 Å². The Labute approximate surface area is 174 Å². The number of fused-ring (bicyclic) bond motifs is 1. The molecule has 4 rings (SSSR count). The molecule has 4 aromatic rings. The number of aromatic nitrogens is 3. The van der Waals surface area contributed by atoms with Gasteiger partial charge in [-0.1, -0.05) is 18.2 Å². The third-order valence-corrected chi connectivity index (χ3v) is 5.07. The monoisotopic (exact) mass is 402 g/mol. The average molecular weight is 402 g/mol. The number of rotatable bonds is 6. The van der Waals surface area contributed by atoms with Crippen molar-refractivity contribution in [2.24, 2.45) is 0 Å². The number of para-hydroxylation sites is 1. The maximum Gasteiger partial charge on any atom is 0.252 e. The van der Waals surface area contributed by atoms with Crippen molar-refractivity contribution in [2.75, 3.05) is 6.54 Å². The molecule has 0 aliphatic carbocycles. The van der Waals surface area contributed by atoms with Crippen LogP contribution in [-0.4, -0.2) is 27.2 Å². The Morgan fingerprint density at radius 3 is 2.70 bits per heavy atom. The Morgan fingerprint density at radius 1 is 1.10 bits per heavy atom. The summed E-state index contributed by atoms with van der Waals surface area (Å²) in [6.07, 6.45) is 3.66. The number of hydrogen-bond donors (Lipinski definition) is 1. The molecule has 0 saturated heterocycles. The van der Waals surface area contributed by atoms with Crippen LogP contribution >= 0.6 is 0 Å². The van der Waals surface area contributed by atoms with Crippen molar-refractivity contribution in [3.63, 3.8) is 0 Å². The number of aryl methyl sites for hydroxylation is 3. The molecule has 30 heavy (non-hydrogen) atoms. The van der Waals surface area contributed by atoms with E-state index in [4.69, 9.17) is 0 Å². The maximum absolute atomic E-state index is 13.5. The molecule has 1 N–H and O–H groups in total. The van der Waals surface area contributed by atoms with Crippen molar-refractivity contribution in [1.82, 2.24) is 20.1 Å². The van der Waals surface area contributed by atoms with E-state index in [0.717, 1.165) is 29.8 Å². The number of carbonyl (C=O) groups excluding carboxylic acids is 1. The summed E-state index contributed by atoms with van der Waals surface area (Å²) in [5.74, 6) is -0.535. The van der Waals surface area contributed by atoms with E-state index in [1.807, 2.05) is 48.1 Å². The van der Waals surface area contributed by atoms with Gasteiger partial charge in [-0.15, -0.1) is 0 Å². The van der Waals surface area contributed by atoms with Gasteiger partial charge in [-0.3, -0.25) is 9.78 Å². The van der Waals surface area contributed by atoms with E-state index >= 15 is 0 Å². The molecule has 6 heteroatoms. The molecule has 2 aromatic carbocycles. The number of amides is 1. The van der Waals surface area contributed by atoms with Gasteiger partial charge in [0.05, 0.1) is 22.5 Å². The predicted molar refractivity (Wildman–Crippen MR) is 115 cm³/mol. The van der Waals surface area contributed by atoms with Crippen LogP contribution in [0.5, 0.6) is 0 Å². The summed E-state index contributed by atoms with van der Waals surface area (Å²) < 4.78 is 15.4. The van der Waals surface area contributed by atoms with Crippen LogP contribution in [0, 0.1) is 19.7 Å². The van der Waals surface area contributed by atoms with Gasteiger partial charge >= 0.3 is 0 Å². The molecule has 0 saturated carbocycles. The highest BCUT2D eigenvalue weighted by Gasteiger charge is 2.13. The average Bonchev–Trinajstić information content (AvgIpc) is 3.11. The van der Waals surface area contributed by atoms with E-state index in [-0.39, 0.29) is 11.7 Å². The summed E-state index contributed by atoms with van der Waals surface area (Å²) in [5.41, 5.74) is 4.87. The SMILES string of the molecule is Cc1cc(C(=O)NCCCc2cn(-c3ccccc3)nc2C)c2ccc(F)cc2n1. The minimum absolute atomic E-state index is 0.172. The van der Waals surface area contributed by atoms with Crippen LogP contribution in [0.15, 0.2) is 60.8 Å². The first-order valence-electron chi connectivity index (χ1n) is 9.97. The van der Waals surface area contributed by atoms with E-state index in [1.54, 1.807) is 19.1 Å². The fourth-order valence-electron chi connectivity index (χ4n) is 3.55. The van der Waals surface area contributed by atoms with Gasteiger partial charge in [-0.25, -0.2) is 9.07 Å². The first-order chi connectivity index (χ1) is 14.5. The lowest BCUT2D eigenvalue weighted by Gasteiger charge is -2.09. The first-order valence-corrected chi connectivity index (χ1v) is 9.97. The number of benzene rings is 2. The second kappa shape index (κ2) is 8.45. The van der Waals surface area contributed by atoms with E-state index < -0.39 is 0 Å². The number of carbonyl (C=O) groups is 1. The molecule has 0 aliphatic rings. The third-order valence-electron chi connectivity index (χ3n) is 5.07. The van der Waals surface area contributed by atoms with Crippen LogP contribution in [0.25, 0.3) is 16.6 Å². The number of pyridine rings is 1. The minimum Gasteiger partial charge on any atom is -0.352 e. The van der Waals surface area contributed by atoms with E-state index in [2.05, 4.69) is 15.4 Å². The van der Waals surface area contributed by atoms with Gasteiger partial charge in [-0.2, -0.15) is 5.10 Å². The number of halogens is 1. The van der Waals surface area contributed by atoms with Crippen molar-refractivity contribution in [3.05, 3.63) is 89.1 Å². The molecule has 152 valence electrons. The lowest BCUT2D eigenvalue weighted by molar-refractivity contribution is 0.0954. The van der Waals surface area contributed by atoms with Crippen molar-refractivity contribution in [1.29, 1.82) is 0 Å². The summed E-state index contributed by atoms with van der Waals surface area (Å²) in [4.78, 5) is 17.0. The molecule has 1 amide bonds. The third kappa shape index (κ3) is 4.22. The number of hydrogen-bond acceptors (Lipinski definition) is 3. The molecular weight excluding hydrogens is 379 g/mol. The standard InChI is InChI=1S/C24H23FN4O/c1-16-13-22(21-11-10-19(25)14-23(21)27-16)24(30)26-12-6-7-18-15-29(28-17(18)2)20-8-4-3-5-9-20/h3-5,8-11,13-15H,6-7,12H2,1-2H3,(H,26,30). The maximum atomic E-state index is 13.5. The van der Waals surface area contributed by atoms with Gasteiger partial charge in [-0.05, 0) is 62.6 Å². The zero-order chi connectivity index (χ0) is 21.1. The normalized spacial score (nSPS) is 11.0. The molecule has 0 fully saturated rings. The van der Waals surface area contributed by atoms with Crippen LogP contribution in [0.3, 0.4) is 0 Å². The molecule has 0 unspecified atom stereocenters. The topological polar surface area (TPSA) is 59.8 Å². The first kappa shape index (κ1) is 19.8. The van der Waals surface area contributed by atoms with Crippen LogP contribution in [0.4, 0.5) is 4.39 Å². The summed E-state index contributed by atoms with van der Waals surface area (Å²) in [7, 11) is 0. The summed E-state index contributed by atoms with van der Waals surface area (Å²) in [6, 6.07) is 16.0. The molecule has 5 nitrogen and oxygen atoms in total. The van der Waals surface area contributed by atoms with Gasteiger partial charge < -0.3 is 5.32 Å². The molecule has 2 aromatic heterocycles.